The molecule has 1 aliphatic rings. The molecule has 0 N–H and O–H groups in total. The second-order valence-electron chi connectivity index (χ2n) is 5.64. The van der Waals surface area contributed by atoms with Gasteiger partial charge in [0.25, 0.3) is 5.91 Å². The normalized spacial score (nSPS) is 16.0. The Hall–Kier alpha value is -1.85. The molecule has 2 aromatic rings. The maximum atomic E-state index is 12.6. The fourth-order valence-corrected chi connectivity index (χ4v) is 2.76. The minimum absolute atomic E-state index is 0.00362. The van der Waals surface area contributed by atoms with Crippen molar-refractivity contribution in [1.82, 2.24) is 19.6 Å². The van der Waals surface area contributed by atoms with Gasteiger partial charge in [0.1, 0.15) is 0 Å². The predicted octanol–water partition coefficient (Wildman–Crippen LogP) is 2.13. The number of aryl methyl sites for hydroxylation is 1. The number of likely N-dealkylation sites (N-methyl/N-ethyl adjacent to an activating group) is 1. The third-order valence-electron chi connectivity index (χ3n) is 4.03. The van der Waals surface area contributed by atoms with Crippen molar-refractivity contribution in [2.24, 2.45) is 7.05 Å². The summed E-state index contributed by atoms with van der Waals surface area (Å²) in [7, 11) is 3.92. The second-order valence-corrected chi connectivity index (χ2v) is 6.08. The highest BCUT2D eigenvalue weighted by Gasteiger charge is 2.23. The number of amides is 1. The monoisotopic (exact) mass is 318 g/mol. The molecule has 5 nitrogen and oxygen atoms in total. The van der Waals surface area contributed by atoms with Crippen molar-refractivity contribution in [1.29, 1.82) is 0 Å². The lowest BCUT2D eigenvalue weighted by atomic mass is 10.1. The van der Waals surface area contributed by atoms with E-state index < -0.39 is 0 Å². The van der Waals surface area contributed by atoms with Crippen molar-refractivity contribution >= 4 is 17.5 Å². The van der Waals surface area contributed by atoms with Crippen molar-refractivity contribution in [2.75, 3.05) is 33.2 Å². The van der Waals surface area contributed by atoms with Gasteiger partial charge >= 0.3 is 0 Å². The van der Waals surface area contributed by atoms with Crippen molar-refractivity contribution in [2.45, 2.75) is 0 Å². The standard InChI is InChI=1S/C16H19ClN4O/c1-19-7-9-21(10-8-19)16(22)14-11-15(20(2)18-14)12-3-5-13(17)6-4-12/h3-6,11H,7-10H2,1-2H3. The summed E-state index contributed by atoms with van der Waals surface area (Å²) in [6.07, 6.45) is 0. The fourth-order valence-electron chi connectivity index (χ4n) is 2.63. The molecule has 116 valence electrons. The first kappa shape index (κ1) is 15.1. The molecule has 22 heavy (non-hydrogen) atoms. The molecule has 1 saturated heterocycles. The van der Waals surface area contributed by atoms with E-state index >= 15 is 0 Å². The molecule has 0 unspecified atom stereocenters. The lowest BCUT2D eigenvalue weighted by molar-refractivity contribution is 0.0657. The maximum Gasteiger partial charge on any atom is 0.274 e. The molecule has 0 radical (unpaired) electrons. The molecule has 0 saturated carbocycles. The van der Waals surface area contributed by atoms with Crippen LogP contribution in [0.2, 0.25) is 5.02 Å². The summed E-state index contributed by atoms with van der Waals surface area (Å²) in [6, 6.07) is 9.40. The molecule has 2 heterocycles. The number of carbonyl (C=O) groups excluding carboxylic acids is 1. The number of aromatic nitrogens is 2. The molecule has 1 aromatic carbocycles. The Bertz CT molecular complexity index is 672. The summed E-state index contributed by atoms with van der Waals surface area (Å²) in [5.41, 5.74) is 2.41. The van der Waals surface area contributed by atoms with Crippen LogP contribution in [0.25, 0.3) is 11.3 Å². The van der Waals surface area contributed by atoms with Gasteiger partial charge in [0.05, 0.1) is 5.69 Å². The second kappa shape index (κ2) is 6.10. The summed E-state index contributed by atoms with van der Waals surface area (Å²) < 4.78 is 1.74. The number of hydrogen-bond donors (Lipinski definition) is 0. The zero-order valence-corrected chi connectivity index (χ0v) is 13.5. The summed E-state index contributed by atoms with van der Waals surface area (Å²) in [5, 5.41) is 5.08. The van der Waals surface area contributed by atoms with Crippen LogP contribution in [0.5, 0.6) is 0 Å². The van der Waals surface area contributed by atoms with Gasteiger partial charge in [-0.3, -0.25) is 9.48 Å². The molecule has 1 aliphatic heterocycles. The van der Waals surface area contributed by atoms with E-state index in [0.29, 0.717) is 10.7 Å². The van der Waals surface area contributed by atoms with Gasteiger partial charge in [-0.15, -0.1) is 0 Å². The van der Waals surface area contributed by atoms with Crippen LogP contribution in [0.1, 0.15) is 10.5 Å². The molecular weight excluding hydrogens is 300 g/mol. The van der Waals surface area contributed by atoms with Crippen LogP contribution in [0.4, 0.5) is 0 Å². The number of nitrogens with zero attached hydrogens (tertiary/aromatic N) is 4. The Morgan fingerprint density at radius 2 is 1.73 bits per heavy atom. The Morgan fingerprint density at radius 1 is 1.09 bits per heavy atom. The molecular formula is C16H19ClN4O. The lowest BCUT2D eigenvalue weighted by Crippen LogP contribution is -2.47. The van der Waals surface area contributed by atoms with Crippen molar-refractivity contribution in [3.05, 3.63) is 41.0 Å². The highest BCUT2D eigenvalue weighted by Crippen LogP contribution is 2.22. The van der Waals surface area contributed by atoms with Crippen LogP contribution < -0.4 is 0 Å². The van der Waals surface area contributed by atoms with Gasteiger partial charge in [-0.05, 0) is 30.8 Å². The predicted molar refractivity (Wildman–Crippen MR) is 87.1 cm³/mol. The van der Waals surface area contributed by atoms with Crippen LogP contribution in [-0.4, -0.2) is 58.7 Å². The van der Waals surface area contributed by atoms with Crippen LogP contribution >= 0.6 is 11.6 Å². The minimum Gasteiger partial charge on any atom is -0.335 e. The SMILES string of the molecule is CN1CCN(C(=O)c2cc(-c3ccc(Cl)cc3)n(C)n2)CC1. The number of rotatable bonds is 2. The van der Waals surface area contributed by atoms with Gasteiger partial charge in [-0.1, -0.05) is 23.7 Å². The third kappa shape index (κ3) is 3.00. The summed E-state index contributed by atoms with van der Waals surface area (Å²) >= 11 is 5.92. The zero-order chi connectivity index (χ0) is 15.7. The van der Waals surface area contributed by atoms with E-state index in [9.17, 15) is 4.79 Å². The molecule has 6 heteroatoms. The lowest BCUT2D eigenvalue weighted by Gasteiger charge is -2.31. The summed E-state index contributed by atoms with van der Waals surface area (Å²) in [4.78, 5) is 16.7. The van der Waals surface area contributed by atoms with E-state index in [1.165, 1.54) is 0 Å². The first-order chi connectivity index (χ1) is 10.5. The minimum atomic E-state index is 0.00362. The molecule has 0 atom stereocenters. The number of piperazine rings is 1. The number of hydrogen-bond acceptors (Lipinski definition) is 3. The Morgan fingerprint density at radius 3 is 2.36 bits per heavy atom. The average molecular weight is 319 g/mol. The van der Waals surface area contributed by atoms with Gasteiger partial charge in [0.2, 0.25) is 0 Å². The van der Waals surface area contributed by atoms with Crippen molar-refractivity contribution in [3.63, 3.8) is 0 Å². The molecule has 0 spiro atoms. The van der Waals surface area contributed by atoms with E-state index in [2.05, 4.69) is 17.0 Å². The van der Waals surface area contributed by atoms with Crippen LogP contribution in [-0.2, 0) is 7.05 Å². The smallest absolute Gasteiger partial charge is 0.274 e. The number of halogens is 1. The third-order valence-corrected chi connectivity index (χ3v) is 4.28. The zero-order valence-electron chi connectivity index (χ0n) is 12.8. The molecule has 3 rings (SSSR count). The topological polar surface area (TPSA) is 41.4 Å². The van der Waals surface area contributed by atoms with E-state index in [1.807, 2.05) is 42.3 Å². The molecule has 0 bridgehead atoms. The van der Waals surface area contributed by atoms with Crippen LogP contribution in [0.3, 0.4) is 0 Å². The van der Waals surface area contributed by atoms with Gasteiger partial charge in [-0.2, -0.15) is 5.10 Å². The van der Waals surface area contributed by atoms with Gasteiger partial charge in [0.15, 0.2) is 5.69 Å². The molecule has 1 amide bonds. The van der Waals surface area contributed by atoms with E-state index in [-0.39, 0.29) is 5.91 Å². The fraction of sp³-hybridized carbons (Fsp3) is 0.375. The first-order valence-corrected chi connectivity index (χ1v) is 7.70. The van der Waals surface area contributed by atoms with Gasteiger partial charge in [0, 0.05) is 38.2 Å². The van der Waals surface area contributed by atoms with E-state index in [4.69, 9.17) is 11.6 Å². The number of benzene rings is 1. The molecule has 0 aliphatic carbocycles. The first-order valence-electron chi connectivity index (χ1n) is 7.32. The quantitative estimate of drug-likeness (QED) is 0.852. The average Bonchev–Trinajstić information content (AvgIpc) is 2.90. The van der Waals surface area contributed by atoms with Crippen molar-refractivity contribution < 1.29 is 4.79 Å². The van der Waals surface area contributed by atoms with Crippen molar-refractivity contribution in [3.8, 4) is 11.3 Å². The van der Waals surface area contributed by atoms with E-state index in [1.54, 1.807) is 4.68 Å². The largest absolute Gasteiger partial charge is 0.335 e. The van der Waals surface area contributed by atoms with Gasteiger partial charge in [-0.25, -0.2) is 0 Å². The maximum absolute atomic E-state index is 12.6. The van der Waals surface area contributed by atoms with Crippen LogP contribution in [0, 0.1) is 0 Å². The molecule has 1 aromatic heterocycles. The van der Waals surface area contributed by atoms with Gasteiger partial charge < -0.3 is 9.80 Å². The highest BCUT2D eigenvalue weighted by atomic mass is 35.5. The van der Waals surface area contributed by atoms with E-state index in [0.717, 1.165) is 37.4 Å². The summed E-state index contributed by atoms with van der Waals surface area (Å²) in [5.74, 6) is 0.00362. The Balaban J connectivity index is 1.82. The number of carbonyl (C=O) groups is 1. The molecule has 1 fully saturated rings. The van der Waals surface area contributed by atoms with Crippen LogP contribution in [0.15, 0.2) is 30.3 Å². The Kier molecular flexibility index (Phi) is 4.18. The Labute approximate surface area is 135 Å². The summed E-state index contributed by atoms with van der Waals surface area (Å²) in [6.45, 7) is 3.32. The highest BCUT2D eigenvalue weighted by molar-refractivity contribution is 6.30.